The molecule has 0 aromatic heterocycles. The summed E-state index contributed by atoms with van der Waals surface area (Å²) in [5, 5.41) is 0.960. The van der Waals surface area contributed by atoms with Crippen LogP contribution in [-0.2, 0) is 14.9 Å². The van der Waals surface area contributed by atoms with Crippen molar-refractivity contribution in [2.24, 2.45) is 4.99 Å². The van der Waals surface area contributed by atoms with Crippen molar-refractivity contribution in [1.82, 2.24) is 0 Å². The summed E-state index contributed by atoms with van der Waals surface area (Å²) in [6, 6.07) is 26.1. The fourth-order valence-electron chi connectivity index (χ4n) is 3.79. The summed E-state index contributed by atoms with van der Waals surface area (Å²) in [4.78, 5) is 20.4. The van der Waals surface area contributed by atoms with E-state index >= 15 is 0 Å². The predicted octanol–water partition coefficient (Wildman–Crippen LogP) is 8.30. The Hall–Kier alpha value is -3.37. The second-order valence-electron chi connectivity index (χ2n) is 9.00. The maximum atomic E-state index is 13.6. The molecule has 0 radical (unpaired) electrons. The van der Waals surface area contributed by atoms with Gasteiger partial charge in [-0.15, -0.1) is 0 Å². The van der Waals surface area contributed by atoms with Crippen LogP contribution in [0.1, 0.15) is 16.7 Å². The Bertz CT molecular complexity index is 1750. The normalized spacial score (nSPS) is 15.7. The molecule has 0 spiro atoms. The smallest absolute Gasteiger partial charge is 0.339 e. The monoisotopic (exact) mass is 652 g/mol. The molecule has 1 amide bonds. The van der Waals surface area contributed by atoms with Crippen molar-refractivity contribution in [3.8, 4) is 5.75 Å². The van der Waals surface area contributed by atoms with Gasteiger partial charge in [-0.1, -0.05) is 53.1 Å². The van der Waals surface area contributed by atoms with Gasteiger partial charge in [-0.25, -0.2) is 4.99 Å². The molecule has 202 valence electrons. The van der Waals surface area contributed by atoms with Crippen molar-refractivity contribution >= 4 is 77.9 Å². The van der Waals surface area contributed by atoms with Gasteiger partial charge in [0.2, 0.25) is 0 Å². The van der Waals surface area contributed by atoms with Crippen LogP contribution in [0.15, 0.2) is 110 Å². The highest BCUT2D eigenvalue weighted by molar-refractivity contribution is 9.10. The third-order valence-electron chi connectivity index (χ3n) is 5.91. The predicted molar refractivity (Wildman–Crippen MR) is 166 cm³/mol. The molecule has 1 heterocycles. The number of hydrogen-bond acceptors (Lipinski definition) is 6. The van der Waals surface area contributed by atoms with Crippen LogP contribution in [0.25, 0.3) is 6.08 Å². The van der Waals surface area contributed by atoms with Gasteiger partial charge in [0.1, 0.15) is 4.90 Å². The number of aryl methyl sites for hydroxylation is 2. The van der Waals surface area contributed by atoms with Crippen LogP contribution in [-0.4, -0.2) is 19.5 Å². The van der Waals surface area contributed by atoms with Gasteiger partial charge in [0.25, 0.3) is 5.91 Å². The van der Waals surface area contributed by atoms with Crippen molar-refractivity contribution < 1.29 is 17.4 Å². The summed E-state index contributed by atoms with van der Waals surface area (Å²) < 4.78 is 31.2. The first kappa shape index (κ1) is 28.2. The third kappa shape index (κ3) is 6.33. The lowest BCUT2D eigenvalue weighted by molar-refractivity contribution is -0.113. The molecule has 4 aromatic carbocycles. The zero-order chi connectivity index (χ0) is 28.4. The molecule has 0 bridgehead atoms. The molecule has 10 heteroatoms. The molecule has 0 aliphatic carbocycles. The van der Waals surface area contributed by atoms with E-state index in [9.17, 15) is 13.2 Å². The van der Waals surface area contributed by atoms with Gasteiger partial charge in [-0.2, -0.15) is 8.42 Å². The molecule has 5 rings (SSSR count). The van der Waals surface area contributed by atoms with Crippen LogP contribution in [0.4, 0.5) is 11.4 Å². The van der Waals surface area contributed by atoms with Crippen LogP contribution >= 0.6 is 39.3 Å². The number of thioether (sulfide) groups is 1. The fourth-order valence-corrected chi connectivity index (χ4v) is 6.45. The zero-order valence-electron chi connectivity index (χ0n) is 21.3. The summed E-state index contributed by atoms with van der Waals surface area (Å²) in [7, 11) is -4.06. The minimum absolute atomic E-state index is 0.0143. The van der Waals surface area contributed by atoms with Crippen LogP contribution in [0.2, 0.25) is 5.02 Å². The zero-order valence-corrected chi connectivity index (χ0v) is 25.3. The average molecular weight is 654 g/mol. The van der Waals surface area contributed by atoms with E-state index in [-0.39, 0.29) is 16.6 Å². The largest absolute Gasteiger partial charge is 0.378 e. The first-order chi connectivity index (χ1) is 19.1. The van der Waals surface area contributed by atoms with Crippen LogP contribution in [0.5, 0.6) is 5.75 Å². The van der Waals surface area contributed by atoms with E-state index in [0.717, 1.165) is 22.5 Å². The number of benzene rings is 4. The molecule has 0 N–H and O–H groups in total. The van der Waals surface area contributed by atoms with Gasteiger partial charge in [0.15, 0.2) is 10.9 Å². The molecule has 1 fully saturated rings. The van der Waals surface area contributed by atoms with E-state index in [1.54, 1.807) is 23.1 Å². The molecule has 0 atom stereocenters. The quantitative estimate of drug-likeness (QED) is 0.155. The molecule has 0 unspecified atom stereocenters. The van der Waals surface area contributed by atoms with Gasteiger partial charge in [0, 0.05) is 5.02 Å². The van der Waals surface area contributed by atoms with Gasteiger partial charge in [0.05, 0.1) is 20.8 Å². The molecule has 6 nitrogen and oxygen atoms in total. The highest BCUT2D eigenvalue weighted by Crippen LogP contribution is 2.38. The lowest BCUT2D eigenvalue weighted by Gasteiger charge is -2.16. The molecule has 40 heavy (non-hydrogen) atoms. The Morgan fingerprint density at radius 3 is 2.15 bits per heavy atom. The maximum absolute atomic E-state index is 13.6. The number of halogens is 2. The van der Waals surface area contributed by atoms with Gasteiger partial charge < -0.3 is 4.18 Å². The summed E-state index contributed by atoms with van der Waals surface area (Å²) in [5.74, 6) is -0.0908. The van der Waals surface area contributed by atoms with Crippen LogP contribution < -0.4 is 9.08 Å². The van der Waals surface area contributed by atoms with Crippen molar-refractivity contribution in [3.05, 3.63) is 122 Å². The topological polar surface area (TPSA) is 76.0 Å². The Labute approximate surface area is 250 Å². The SMILES string of the molecule is Cc1ccc(N=C2S/C(=C\c3ccc(OS(=O)(=O)c4ccc(Cl)cc4)c(Br)c3)C(=O)N2c2ccc(C)cc2)cc1. The van der Waals surface area contributed by atoms with E-state index in [2.05, 4.69) is 15.9 Å². The van der Waals surface area contributed by atoms with Crippen LogP contribution in [0, 0.1) is 13.8 Å². The minimum atomic E-state index is -4.06. The average Bonchev–Trinajstić information content (AvgIpc) is 3.21. The molecular formula is C30H22BrClN2O4S2. The second kappa shape index (κ2) is 11.6. The lowest BCUT2D eigenvalue weighted by atomic mass is 10.2. The number of anilines is 1. The molecule has 4 aromatic rings. The number of aliphatic imine (C=N–C) groups is 1. The van der Waals surface area contributed by atoms with Gasteiger partial charge in [-0.05, 0) is 114 Å². The number of carbonyl (C=O) groups excluding carboxylic acids is 1. The Morgan fingerprint density at radius 2 is 1.52 bits per heavy atom. The maximum Gasteiger partial charge on any atom is 0.339 e. The first-order valence-corrected chi connectivity index (χ1v) is 15.4. The molecule has 1 saturated heterocycles. The second-order valence-corrected chi connectivity index (χ2v) is 12.8. The summed E-state index contributed by atoms with van der Waals surface area (Å²) >= 11 is 10.5. The number of rotatable bonds is 6. The Kier molecular flexibility index (Phi) is 8.19. The Balaban J connectivity index is 1.45. The number of carbonyl (C=O) groups is 1. The molecule has 1 aliphatic rings. The Morgan fingerprint density at radius 1 is 0.900 bits per heavy atom. The van der Waals surface area contributed by atoms with Gasteiger partial charge in [-0.3, -0.25) is 9.69 Å². The molecule has 1 aliphatic heterocycles. The molecular weight excluding hydrogens is 632 g/mol. The first-order valence-electron chi connectivity index (χ1n) is 12.0. The van der Waals surface area contributed by atoms with E-state index in [4.69, 9.17) is 20.8 Å². The van der Waals surface area contributed by atoms with Crippen LogP contribution in [0.3, 0.4) is 0 Å². The van der Waals surface area contributed by atoms with Gasteiger partial charge >= 0.3 is 10.1 Å². The van der Waals surface area contributed by atoms with E-state index in [1.165, 1.54) is 42.1 Å². The van der Waals surface area contributed by atoms with E-state index in [1.807, 2.05) is 62.4 Å². The highest BCUT2D eigenvalue weighted by atomic mass is 79.9. The van der Waals surface area contributed by atoms with E-state index < -0.39 is 10.1 Å². The third-order valence-corrected chi connectivity index (χ3v) is 9.00. The van der Waals surface area contributed by atoms with E-state index in [0.29, 0.717) is 25.1 Å². The standard InChI is InChI=1S/C30H22BrClN2O4S2/c1-19-3-10-23(11-4-19)33-30-34(24-12-5-20(2)6-13-24)29(35)28(39-30)18-21-7-16-27(26(31)17-21)38-40(36,37)25-14-8-22(32)9-15-25/h3-18H,1-2H3/b28-18-,33-30?. The lowest BCUT2D eigenvalue weighted by Crippen LogP contribution is -2.28. The molecule has 0 saturated carbocycles. The minimum Gasteiger partial charge on any atom is -0.378 e. The fraction of sp³-hybridized carbons (Fsp3) is 0.0667. The number of nitrogens with zero attached hydrogens (tertiary/aromatic N) is 2. The summed E-state index contributed by atoms with van der Waals surface area (Å²) in [6.45, 7) is 3.99. The number of hydrogen-bond donors (Lipinski definition) is 0. The number of amides is 1. The van der Waals surface area contributed by atoms with Crippen molar-refractivity contribution in [2.45, 2.75) is 18.7 Å². The highest BCUT2D eigenvalue weighted by Gasteiger charge is 2.34. The van der Waals surface area contributed by atoms with Crippen molar-refractivity contribution in [3.63, 3.8) is 0 Å². The summed E-state index contributed by atoms with van der Waals surface area (Å²) in [6.07, 6.45) is 1.74. The summed E-state index contributed by atoms with van der Waals surface area (Å²) in [5.41, 5.74) is 4.34. The number of amidine groups is 1. The van der Waals surface area contributed by atoms with Crippen molar-refractivity contribution in [2.75, 3.05) is 4.90 Å². The van der Waals surface area contributed by atoms with Crippen molar-refractivity contribution in [1.29, 1.82) is 0 Å².